The molecule has 5 nitrogen and oxygen atoms in total. The second-order valence-electron chi connectivity index (χ2n) is 5.42. The highest BCUT2D eigenvalue weighted by atomic mass is 16.4. The molecule has 0 saturated heterocycles. The van der Waals surface area contributed by atoms with E-state index in [0.717, 1.165) is 30.8 Å². The SMILES string of the molecule is CCCN1C(=O)CCc2cc(N(C)CCC(=O)O)ccc21. The van der Waals surface area contributed by atoms with E-state index >= 15 is 0 Å². The summed E-state index contributed by atoms with van der Waals surface area (Å²) >= 11 is 0. The Morgan fingerprint density at radius 1 is 1.38 bits per heavy atom. The first-order chi connectivity index (χ1) is 10.0. The molecular formula is C16H22N2O3. The lowest BCUT2D eigenvalue weighted by Crippen LogP contribution is -2.35. The minimum atomic E-state index is -0.792. The predicted molar refractivity (Wildman–Crippen MR) is 82.9 cm³/mol. The Morgan fingerprint density at radius 3 is 2.81 bits per heavy atom. The fourth-order valence-corrected chi connectivity index (χ4v) is 2.65. The molecule has 21 heavy (non-hydrogen) atoms. The van der Waals surface area contributed by atoms with E-state index in [2.05, 4.69) is 13.0 Å². The molecule has 0 saturated carbocycles. The number of benzene rings is 1. The second kappa shape index (κ2) is 6.61. The zero-order chi connectivity index (χ0) is 15.4. The van der Waals surface area contributed by atoms with E-state index in [-0.39, 0.29) is 12.3 Å². The highest BCUT2D eigenvalue weighted by molar-refractivity contribution is 5.96. The molecule has 0 spiro atoms. The number of amides is 1. The monoisotopic (exact) mass is 290 g/mol. The minimum Gasteiger partial charge on any atom is -0.481 e. The van der Waals surface area contributed by atoms with Crippen molar-refractivity contribution in [1.82, 2.24) is 0 Å². The number of carboxylic acid groups (broad SMARTS) is 1. The average molecular weight is 290 g/mol. The summed E-state index contributed by atoms with van der Waals surface area (Å²) in [6.45, 7) is 3.29. The molecule has 1 aliphatic rings. The lowest BCUT2D eigenvalue weighted by Gasteiger charge is -2.30. The molecule has 0 unspecified atom stereocenters. The van der Waals surface area contributed by atoms with Crippen LogP contribution in [-0.4, -0.2) is 37.1 Å². The summed E-state index contributed by atoms with van der Waals surface area (Å²) in [5, 5.41) is 8.75. The molecule has 0 aromatic heterocycles. The smallest absolute Gasteiger partial charge is 0.305 e. The van der Waals surface area contributed by atoms with Crippen LogP contribution < -0.4 is 9.80 Å². The molecule has 1 amide bonds. The van der Waals surface area contributed by atoms with Crippen molar-refractivity contribution in [2.24, 2.45) is 0 Å². The number of carbonyl (C=O) groups is 2. The summed E-state index contributed by atoms with van der Waals surface area (Å²) in [4.78, 5) is 26.4. The van der Waals surface area contributed by atoms with E-state index in [1.54, 1.807) is 0 Å². The van der Waals surface area contributed by atoms with Crippen LogP contribution in [0, 0.1) is 0 Å². The molecule has 0 fully saturated rings. The van der Waals surface area contributed by atoms with Gasteiger partial charge in [-0.25, -0.2) is 0 Å². The van der Waals surface area contributed by atoms with Crippen LogP contribution in [-0.2, 0) is 16.0 Å². The van der Waals surface area contributed by atoms with Gasteiger partial charge in [-0.3, -0.25) is 9.59 Å². The molecule has 5 heteroatoms. The van der Waals surface area contributed by atoms with E-state index in [0.29, 0.717) is 13.0 Å². The normalized spacial score (nSPS) is 14.0. The van der Waals surface area contributed by atoms with Crippen LogP contribution in [0.25, 0.3) is 0 Å². The highest BCUT2D eigenvalue weighted by Gasteiger charge is 2.23. The average Bonchev–Trinajstić information content (AvgIpc) is 2.47. The lowest BCUT2D eigenvalue weighted by atomic mass is 10.00. The Kier molecular flexibility index (Phi) is 4.83. The number of aliphatic carboxylic acids is 1. The molecule has 0 radical (unpaired) electrons. The molecular weight excluding hydrogens is 268 g/mol. The third-order valence-corrected chi connectivity index (χ3v) is 3.81. The van der Waals surface area contributed by atoms with Crippen LogP contribution in [0.5, 0.6) is 0 Å². The molecule has 1 N–H and O–H groups in total. The van der Waals surface area contributed by atoms with E-state index in [4.69, 9.17) is 5.11 Å². The van der Waals surface area contributed by atoms with E-state index in [1.165, 1.54) is 5.56 Å². The Morgan fingerprint density at radius 2 is 2.14 bits per heavy atom. The van der Waals surface area contributed by atoms with Gasteiger partial charge < -0.3 is 14.9 Å². The van der Waals surface area contributed by atoms with Gasteiger partial charge in [-0.15, -0.1) is 0 Å². The number of nitrogens with zero attached hydrogens (tertiary/aromatic N) is 2. The van der Waals surface area contributed by atoms with Crippen LogP contribution in [0.15, 0.2) is 18.2 Å². The quantitative estimate of drug-likeness (QED) is 0.873. The maximum absolute atomic E-state index is 12.0. The number of hydrogen-bond donors (Lipinski definition) is 1. The second-order valence-corrected chi connectivity index (χ2v) is 5.42. The van der Waals surface area contributed by atoms with Crippen LogP contribution >= 0.6 is 0 Å². The van der Waals surface area contributed by atoms with Crippen LogP contribution in [0.3, 0.4) is 0 Å². The number of carboxylic acids is 1. The van der Waals surface area contributed by atoms with Crippen molar-refractivity contribution in [3.63, 3.8) is 0 Å². The van der Waals surface area contributed by atoms with Gasteiger partial charge in [0.2, 0.25) is 5.91 Å². The Bertz CT molecular complexity index is 542. The summed E-state index contributed by atoms with van der Waals surface area (Å²) in [7, 11) is 1.89. The summed E-state index contributed by atoms with van der Waals surface area (Å²) in [6, 6.07) is 6.02. The maximum Gasteiger partial charge on any atom is 0.305 e. The molecule has 1 heterocycles. The molecule has 2 rings (SSSR count). The summed E-state index contributed by atoms with van der Waals surface area (Å²) in [5.41, 5.74) is 3.17. The third-order valence-electron chi connectivity index (χ3n) is 3.81. The van der Waals surface area contributed by atoms with Gasteiger partial charge in [-0.1, -0.05) is 6.92 Å². The first-order valence-corrected chi connectivity index (χ1v) is 7.39. The van der Waals surface area contributed by atoms with Gasteiger partial charge in [0, 0.05) is 37.9 Å². The van der Waals surface area contributed by atoms with E-state index in [9.17, 15) is 9.59 Å². The van der Waals surface area contributed by atoms with Gasteiger partial charge in [0.15, 0.2) is 0 Å². The number of carbonyl (C=O) groups excluding carboxylic acids is 1. The van der Waals surface area contributed by atoms with Crippen LogP contribution in [0.1, 0.15) is 31.7 Å². The standard InChI is InChI=1S/C16H22N2O3/c1-3-9-18-14-6-5-13(17(2)10-8-16(20)21)11-12(14)4-7-15(18)19/h5-6,11H,3-4,7-10H2,1-2H3,(H,20,21). The van der Waals surface area contributed by atoms with Gasteiger partial charge in [0.25, 0.3) is 0 Å². The summed E-state index contributed by atoms with van der Waals surface area (Å²) in [6.07, 6.45) is 2.36. The molecule has 114 valence electrons. The fourth-order valence-electron chi connectivity index (χ4n) is 2.65. The topological polar surface area (TPSA) is 60.9 Å². The Hall–Kier alpha value is -2.04. The van der Waals surface area contributed by atoms with Crippen molar-refractivity contribution in [2.45, 2.75) is 32.6 Å². The first kappa shape index (κ1) is 15.4. The molecule has 0 bridgehead atoms. The lowest BCUT2D eigenvalue weighted by molar-refractivity contribution is -0.136. The van der Waals surface area contributed by atoms with Crippen molar-refractivity contribution >= 4 is 23.3 Å². The van der Waals surface area contributed by atoms with Crippen molar-refractivity contribution < 1.29 is 14.7 Å². The first-order valence-electron chi connectivity index (χ1n) is 7.39. The van der Waals surface area contributed by atoms with E-state index < -0.39 is 5.97 Å². The Labute approximate surface area is 125 Å². The molecule has 1 aromatic carbocycles. The number of anilines is 2. The molecule has 0 atom stereocenters. The summed E-state index contributed by atoms with van der Waals surface area (Å²) < 4.78 is 0. The predicted octanol–water partition coefficient (Wildman–Crippen LogP) is 2.29. The number of rotatable bonds is 6. The van der Waals surface area contributed by atoms with Gasteiger partial charge in [0.05, 0.1) is 6.42 Å². The molecule has 1 aliphatic heterocycles. The molecule has 0 aliphatic carbocycles. The maximum atomic E-state index is 12.0. The summed E-state index contributed by atoms with van der Waals surface area (Å²) in [5.74, 6) is -0.601. The van der Waals surface area contributed by atoms with Crippen LogP contribution in [0.4, 0.5) is 11.4 Å². The van der Waals surface area contributed by atoms with Crippen molar-refractivity contribution in [3.8, 4) is 0 Å². The zero-order valence-corrected chi connectivity index (χ0v) is 12.6. The number of aryl methyl sites for hydroxylation is 1. The number of hydrogen-bond acceptors (Lipinski definition) is 3. The van der Waals surface area contributed by atoms with Crippen molar-refractivity contribution in [3.05, 3.63) is 23.8 Å². The third kappa shape index (κ3) is 3.54. The molecule has 1 aromatic rings. The Balaban J connectivity index is 2.19. The van der Waals surface area contributed by atoms with Crippen molar-refractivity contribution in [1.29, 1.82) is 0 Å². The highest BCUT2D eigenvalue weighted by Crippen LogP contribution is 2.31. The van der Waals surface area contributed by atoms with Crippen LogP contribution in [0.2, 0.25) is 0 Å². The fraction of sp³-hybridized carbons (Fsp3) is 0.500. The van der Waals surface area contributed by atoms with Crippen molar-refractivity contribution in [2.75, 3.05) is 29.9 Å². The minimum absolute atomic E-state index is 0.119. The van der Waals surface area contributed by atoms with Gasteiger partial charge >= 0.3 is 5.97 Å². The number of fused-ring (bicyclic) bond motifs is 1. The van der Waals surface area contributed by atoms with Gasteiger partial charge in [-0.2, -0.15) is 0 Å². The van der Waals surface area contributed by atoms with Gasteiger partial charge in [0.1, 0.15) is 0 Å². The largest absolute Gasteiger partial charge is 0.481 e. The zero-order valence-electron chi connectivity index (χ0n) is 12.6. The van der Waals surface area contributed by atoms with E-state index in [1.807, 2.05) is 29.0 Å². The van der Waals surface area contributed by atoms with Gasteiger partial charge in [-0.05, 0) is 36.6 Å².